The standard InChI is InChI=1S/C15H18N2O3S/c18-8-9-1-4-11(5-2-9)16-14(19)10-3-6-12-13(7-10)20-15(21)17-12/h3,6-7,9,11,18H,1-2,4-5,8H2,(H,16,19)(H,17,21). The first-order valence-corrected chi connectivity index (χ1v) is 7.61. The lowest BCUT2D eigenvalue weighted by molar-refractivity contribution is 0.0914. The van der Waals surface area contributed by atoms with Crippen LogP contribution in [-0.2, 0) is 0 Å². The summed E-state index contributed by atoms with van der Waals surface area (Å²) >= 11 is 4.93. The Balaban J connectivity index is 1.68. The molecule has 1 saturated carbocycles. The Morgan fingerprint density at radius 1 is 1.38 bits per heavy atom. The fraction of sp³-hybridized carbons (Fsp3) is 0.467. The van der Waals surface area contributed by atoms with Crippen molar-refractivity contribution in [1.82, 2.24) is 10.3 Å². The lowest BCUT2D eigenvalue weighted by atomic mass is 9.86. The number of hydrogen-bond donors (Lipinski definition) is 3. The molecule has 0 spiro atoms. The van der Waals surface area contributed by atoms with Crippen molar-refractivity contribution in [3.05, 3.63) is 28.6 Å². The number of aromatic nitrogens is 1. The fourth-order valence-electron chi connectivity index (χ4n) is 2.84. The summed E-state index contributed by atoms with van der Waals surface area (Å²) in [6.07, 6.45) is 3.77. The molecule has 0 aliphatic heterocycles. The van der Waals surface area contributed by atoms with Crippen LogP contribution in [0.25, 0.3) is 11.1 Å². The second-order valence-corrected chi connectivity index (χ2v) is 5.97. The molecule has 0 saturated heterocycles. The molecular weight excluding hydrogens is 288 g/mol. The molecular formula is C15H18N2O3S. The third kappa shape index (κ3) is 3.16. The molecule has 6 heteroatoms. The Morgan fingerprint density at radius 3 is 2.86 bits per heavy atom. The Bertz CT molecular complexity index is 698. The van der Waals surface area contributed by atoms with Crippen LogP contribution in [-0.4, -0.2) is 28.6 Å². The fourth-order valence-corrected chi connectivity index (χ4v) is 3.04. The van der Waals surface area contributed by atoms with Gasteiger partial charge in [0.05, 0.1) is 5.52 Å². The van der Waals surface area contributed by atoms with E-state index in [9.17, 15) is 4.79 Å². The van der Waals surface area contributed by atoms with E-state index in [-0.39, 0.29) is 18.6 Å². The summed E-state index contributed by atoms with van der Waals surface area (Å²) in [6.45, 7) is 0.246. The van der Waals surface area contributed by atoms with Crippen molar-refractivity contribution in [1.29, 1.82) is 0 Å². The van der Waals surface area contributed by atoms with E-state index < -0.39 is 0 Å². The van der Waals surface area contributed by atoms with Crippen molar-refractivity contribution in [2.24, 2.45) is 5.92 Å². The maximum Gasteiger partial charge on any atom is 0.266 e. The Hall–Kier alpha value is -1.66. The summed E-state index contributed by atoms with van der Waals surface area (Å²) in [6, 6.07) is 5.45. The summed E-state index contributed by atoms with van der Waals surface area (Å²) in [5.41, 5.74) is 1.96. The third-order valence-electron chi connectivity index (χ3n) is 4.12. The minimum atomic E-state index is -0.0910. The molecule has 1 aromatic heterocycles. The number of amides is 1. The molecule has 3 rings (SSSR count). The van der Waals surface area contributed by atoms with E-state index in [1.54, 1.807) is 18.2 Å². The van der Waals surface area contributed by atoms with Gasteiger partial charge >= 0.3 is 0 Å². The summed E-state index contributed by atoms with van der Waals surface area (Å²) < 4.78 is 5.33. The quantitative estimate of drug-likeness (QED) is 0.762. The second-order valence-electron chi connectivity index (χ2n) is 5.60. The Kier molecular flexibility index (Phi) is 4.07. The normalized spacial score (nSPS) is 22.3. The molecule has 1 aromatic carbocycles. The zero-order valence-corrected chi connectivity index (χ0v) is 12.4. The average Bonchev–Trinajstić information content (AvgIpc) is 2.87. The Morgan fingerprint density at radius 2 is 2.14 bits per heavy atom. The number of hydrogen-bond acceptors (Lipinski definition) is 4. The van der Waals surface area contributed by atoms with Gasteiger partial charge in [-0.05, 0) is 62.0 Å². The van der Waals surface area contributed by atoms with Gasteiger partial charge in [-0.3, -0.25) is 4.79 Å². The number of aliphatic hydroxyl groups is 1. The maximum absolute atomic E-state index is 12.3. The molecule has 3 N–H and O–H groups in total. The topological polar surface area (TPSA) is 78.3 Å². The second kappa shape index (κ2) is 5.99. The number of benzene rings is 1. The number of rotatable bonds is 3. The molecule has 1 aliphatic rings. The van der Waals surface area contributed by atoms with Gasteiger partial charge in [0.25, 0.3) is 10.7 Å². The monoisotopic (exact) mass is 306 g/mol. The first-order chi connectivity index (χ1) is 10.2. The van der Waals surface area contributed by atoms with Crippen LogP contribution < -0.4 is 5.32 Å². The van der Waals surface area contributed by atoms with Crippen molar-refractivity contribution < 1.29 is 14.3 Å². The van der Waals surface area contributed by atoms with Crippen molar-refractivity contribution in [2.75, 3.05) is 6.61 Å². The van der Waals surface area contributed by atoms with Gasteiger partial charge in [-0.2, -0.15) is 0 Å². The minimum absolute atomic E-state index is 0.0910. The highest BCUT2D eigenvalue weighted by atomic mass is 32.1. The zero-order valence-electron chi connectivity index (χ0n) is 11.6. The summed E-state index contributed by atoms with van der Waals surface area (Å²) in [7, 11) is 0. The van der Waals surface area contributed by atoms with E-state index in [0.29, 0.717) is 21.9 Å². The Labute approximate surface area is 127 Å². The van der Waals surface area contributed by atoms with E-state index >= 15 is 0 Å². The molecule has 0 unspecified atom stereocenters. The molecule has 5 nitrogen and oxygen atoms in total. The highest BCUT2D eigenvalue weighted by Gasteiger charge is 2.22. The van der Waals surface area contributed by atoms with Crippen LogP contribution in [0, 0.1) is 10.8 Å². The van der Waals surface area contributed by atoms with Crippen molar-refractivity contribution in [2.45, 2.75) is 31.7 Å². The molecule has 1 heterocycles. The molecule has 0 bridgehead atoms. The number of aromatic amines is 1. The van der Waals surface area contributed by atoms with Crippen LogP contribution in [0.4, 0.5) is 0 Å². The minimum Gasteiger partial charge on any atom is -0.429 e. The smallest absolute Gasteiger partial charge is 0.266 e. The lowest BCUT2D eigenvalue weighted by Gasteiger charge is -2.27. The highest BCUT2D eigenvalue weighted by Crippen LogP contribution is 2.24. The van der Waals surface area contributed by atoms with Crippen LogP contribution >= 0.6 is 12.2 Å². The molecule has 1 amide bonds. The number of aliphatic hydroxyl groups excluding tert-OH is 1. The number of nitrogens with one attached hydrogen (secondary N) is 2. The maximum atomic E-state index is 12.3. The van der Waals surface area contributed by atoms with E-state index in [4.69, 9.17) is 21.7 Å². The largest absolute Gasteiger partial charge is 0.429 e. The number of fused-ring (bicyclic) bond motifs is 1. The van der Waals surface area contributed by atoms with Gasteiger partial charge in [-0.1, -0.05) is 0 Å². The number of carbonyl (C=O) groups excluding carboxylic acids is 1. The molecule has 21 heavy (non-hydrogen) atoms. The SMILES string of the molecule is O=C(NC1CCC(CO)CC1)c1ccc2[nH]c(=S)oc2c1. The summed E-state index contributed by atoms with van der Waals surface area (Å²) in [5, 5.41) is 12.2. The third-order valence-corrected chi connectivity index (χ3v) is 4.31. The first kappa shape index (κ1) is 14.3. The van der Waals surface area contributed by atoms with Gasteiger partial charge in [0.2, 0.25) is 0 Å². The predicted molar refractivity (Wildman–Crippen MR) is 81.7 cm³/mol. The van der Waals surface area contributed by atoms with E-state index in [1.165, 1.54) is 0 Å². The van der Waals surface area contributed by atoms with Crippen molar-refractivity contribution in [3.63, 3.8) is 0 Å². The van der Waals surface area contributed by atoms with Crippen LogP contribution in [0.3, 0.4) is 0 Å². The van der Waals surface area contributed by atoms with Gasteiger partial charge < -0.3 is 19.8 Å². The van der Waals surface area contributed by atoms with Gasteiger partial charge in [0.1, 0.15) is 0 Å². The van der Waals surface area contributed by atoms with Gasteiger partial charge in [-0.15, -0.1) is 0 Å². The van der Waals surface area contributed by atoms with Crippen molar-refractivity contribution in [3.8, 4) is 0 Å². The molecule has 112 valence electrons. The van der Waals surface area contributed by atoms with Crippen LogP contribution in [0.5, 0.6) is 0 Å². The lowest BCUT2D eigenvalue weighted by Crippen LogP contribution is -2.38. The molecule has 0 atom stereocenters. The number of H-pyrrole nitrogens is 1. The van der Waals surface area contributed by atoms with Crippen molar-refractivity contribution >= 4 is 29.2 Å². The average molecular weight is 306 g/mol. The summed E-state index contributed by atoms with van der Waals surface area (Å²) in [4.78, 5) is 15.5. The van der Waals surface area contributed by atoms with Gasteiger partial charge in [-0.25, -0.2) is 0 Å². The van der Waals surface area contributed by atoms with Gasteiger partial charge in [0, 0.05) is 18.2 Å². The predicted octanol–water partition coefficient (Wildman–Crippen LogP) is 2.77. The van der Waals surface area contributed by atoms with E-state index in [0.717, 1.165) is 31.2 Å². The number of carbonyl (C=O) groups is 1. The highest BCUT2D eigenvalue weighted by molar-refractivity contribution is 7.71. The van der Waals surface area contributed by atoms with E-state index in [2.05, 4.69) is 10.3 Å². The molecule has 2 aromatic rings. The summed E-state index contributed by atoms with van der Waals surface area (Å²) in [5.74, 6) is 0.297. The van der Waals surface area contributed by atoms with Crippen LogP contribution in [0.1, 0.15) is 36.0 Å². The zero-order chi connectivity index (χ0) is 14.8. The number of oxazole rings is 1. The first-order valence-electron chi connectivity index (χ1n) is 7.20. The molecule has 0 radical (unpaired) electrons. The molecule has 1 aliphatic carbocycles. The van der Waals surface area contributed by atoms with Crippen LogP contribution in [0.2, 0.25) is 0 Å². The molecule has 1 fully saturated rings. The van der Waals surface area contributed by atoms with Crippen LogP contribution in [0.15, 0.2) is 22.6 Å². The van der Waals surface area contributed by atoms with E-state index in [1.807, 2.05) is 0 Å². The van der Waals surface area contributed by atoms with Gasteiger partial charge in [0.15, 0.2) is 5.58 Å².